The van der Waals surface area contributed by atoms with E-state index in [1.165, 1.54) is 32.5 Å². The molecule has 8 heteroatoms. The highest BCUT2D eigenvalue weighted by Crippen LogP contribution is 2.29. The van der Waals surface area contributed by atoms with Crippen LogP contribution in [0.3, 0.4) is 0 Å². The monoisotopic (exact) mass is 371 g/mol. The molecule has 0 radical (unpaired) electrons. The SMILES string of the molecule is COc1cc(OC)cc(C(=O)Nc2ccc3sc(NC(C)=O)nc3c2)c1. The van der Waals surface area contributed by atoms with Gasteiger partial charge in [0.05, 0.1) is 24.4 Å². The third-order valence-electron chi connectivity index (χ3n) is 3.54. The summed E-state index contributed by atoms with van der Waals surface area (Å²) in [5, 5.41) is 6.01. The second-order valence-electron chi connectivity index (χ2n) is 5.44. The van der Waals surface area contributed by atoms with Gasteiger partial charge in [0.1, 0.15) is 11.5 Å². The van der Waals surface area contributed by atoms with Crippen LogP contribution in [0.1, 0.15) is 17.3 Å². The fourth-order valence-corrected chi connectivity index (χ4v) is 3.24. The van der Waals surface area contributed by atoms with E-state index in [0.29, 0.717) is 33.4 Å². The van der Waals surface area contributed by atoms with Gasteiger partial charge in [-0.25, -0.2) is 4.98 Å². The number of carbonyl (C=O) groups excluding carboxylic acids is 2. The third kappa shape index (κ3) is 3.92. The molecule has 1 heterocycles. The molecule has 2 amide bonds. The molecule has 7 nitrogen and oxygen atoms in total. The van der Waals surface area contributed by atoms with Crippen molar-refractivity contribution < 1.29 is 19.1 Å². The smallest absolute Gasteiger partial charge is 0.255 e. The van der Waals surface area contributed by atoms with E-state index in [1.807, 2.05) is 6.07 Å². The zero-order chi connectivity index (χ0) is 18.7. The summed E-state index contributed by atoms with van der Waals surface area (Å²) in [5.74, 6) is 0.595. The summed E-state index contributed by atoms with van der Waals surface area (Å²) in [4.78, 5) is 28.0. The Kier molecular flexibility index (Phi) is 5.04. The second kappa shape index (κ2) is 7.40. The van der Waals surface area contributed by atoms with Crippen molar-refractivity contribution in [3.8, 4) is 11.5 Å². The number of carbonyl (C=O) groups is 2. The standard InChI is InChI=1S/C18H17N3O4S/c1-10(22)19-18-21-15-8-12(4-5-16(15)26-18)20-17(23)11-6-13(24-2)9-14(7-11)25-3/h4-9H,1-3H3,(H,20,23)(H,19,21,22). The lowest BCUT2D eigenvalue weighted by Gasteiger charge is -2.09. The van der Waals surface area contributed by atoms with Crippen molar-refractivity contribution >= 4 is 44.2 Å². The van der Waals surface area contributed by atoms with Gasteiger partial charge >= 0.3 is 0 Å². The lowest BCUT2D eigenvalue weighted by molar-refractivity contribution is -0.114. The van der Waals surface area contributed by atoms with Gasteiger partial charge in [-0.1, -0.05) is 11.3 Å². The Morgan fingerprint density at radius 2 is 1.69 bits per heavy atom. The molecule has 3 rings (SSSR count). The van der Waals surface area contributed by atoms with Gasteiger partial charge in [-0.2, -0.15) is 0 Å². The Balaban J connectivity index is 1.83. The van der Waals surface area contributed by atoms with Gasteiger partial charge < -0.3 is 20.1 Å². The van der Waals surface area contributed by atoms with Crippen LogP contribution in [0, 0.1) is 0 Å². The number of hydrogen-bond acceptors (Lipinski definition) is 6. The first-order valence-corrected chi connectivity index (χ1v) is 8.53. The van der Waals surface area contributed by atoms with Crippen LogP contribution in [0.4, 0.5) is 10.8 Å². The number of fused-ring (bicyclic) bond motifs is 1. The molecule has 2 N–H and O–H groups in total. The number of amides is 2. The van der Waals surface area contributed by atoms with Gasteiger partial charge in [-0.15, -0.1) is 0 Å². The van der Waals surface area contributed by atoms with E-state index >= 15 is 0 Å². The largest absolute Gasteiger partial charge is 0.497 e. The average molecular weight is 371 g/mol. The van der Waals surface area contributed by atoms with Crippen LogP contribution >= 0.6 is 11.3 Å². The van der Waals surface area contributed by atoms with E-state index in [4.69, 9.17) is 9.47 Å². The quantitative estimate of drug-likeness (QED) is 0.716. The minimum Gasteiger partial charge on any atom is -0.497 e. The van der Waals surface area contributed by atoms with Gasteiger partial charge in [0.2, 0.25) is 5.91 Å². The van der Waals surface area contributed by atoms with Crippen LogP contribution in [0.5, 0.6) is 11.5 Å². The van der Waals surface area contributed by atoms with E-state index in [1.54, 1.807) is 30.3 Å². The van der Waals surface area contributed by atoms with Crippen molar-refractivity contribution in [2.45, 2.75) is 6.92 Å². The first-order chi connectivity index (χ1) is 12.5. The van der Waals surface area contributed by atoms with Crippen LogP contribution in [0.15, 0.2) is 36.4 Å². The zero-order valence-electron chi connectivity index (χ0n) is 14.5. The topological polar surface area (TPSA) is 89.5 Å². The van der Waals surface area contributed by atoms with E-state index < -0.39 is 0 Å². The molecule has 0 saturated carbocycles. The number of hydrogen-bond donors (Lipinski definition) is 2. The Hall–Kier alpha value is -3.13. The molecule has 0 aliphatic heterocycles. The number of ether oxygens (including phenoxy) is 2. The molecule has 0 atom stereocenters. The summed E-state index contributed by atoms with van der Waals surface area (Å²) in [6.45, 7) is 1.43. The normalized spacial score (nSPS) is 10.4. The zero-order valence-corrected chi connectivity index (χ0v) is 15.3. The summed E-state index contributed by atoms with van der Waals surface area (Å²) >= 11 is 1.37. The van der Waals surface area contributed by atoms with Gasteiger partial charge in [-0.3, -0.25) is 9.59 Å². The fourth-order valence-electron chi connectivity index (χ4n) is 2.35. The molecule has 0 aliphatic rings. The van der Waals surface area contributed by atoms with Crippen molar-refractivity contribution in [2.75, 3.05) is 24.9 Å². The number of benzene rings is 2. The van der Waals surface area contributed by atoms with Crippen molar-refractivity contribution in [3.63, 3.8) is 0 Å². The second-order valence-corrected chi connectivity index (χ2v) is 6.47. The molecule has 0 spiro atoms. The van der Waals surface area contributed by atoms with E-state index in [2.05, 4.69) is 15.6 Å². The maximum absolute atomic E-state index is 12.5. The number of rotatable bonds is 5. The minimum atomic E-state index is -0.293. The molecule has 0 bridgehead atoms. The van der Waals surface area contributed by atoms with Crippen molar-refractivity contribution in [3.05, 3.63) is 42.0 Å². The summed E-state index contributed by atoms with van der Waals surface area (Å²) < 4.78 is 11.3. The number of aromatic nitrogens is 1. The molecule has 1 aromatic heterocycles. The summed E-state index contributed by atoms with van der Waals surface area (Å²) in [7, 11) is 3.05. The van der Waals surface area contributed by atoms with Crippen LogP contribution in [-0.4, -0.2) is 31.0 Å². The molecule has 134 valence electrons. The Morgan fingerprint density at radius 3 is 2.31 bits per heavy atom. The van der Waals surface area contributed by atoms with Crippen LogP contribution in [-0.2, 0) is 4.79 Å². The average Bonchev–Trinajstić information content (AvgIpc) is 3.01. The number of anilines is 2. The Morgan fingerprint density at radius 1 is 1.00 bits per heavy atom. The number of methoxy groups -OCH3 is 2. The lowest BCUT2D eigenvalue weighted by atomic mass is 10.1. The maximum atomic E-state index is 12.5. The third-order valence-corrected chi connectivity index (χ3v) is 4.49. The van der Waals surface area contributed by atoms with Crippen molar-refractivity contribution in [1.82, 2.24) is 4.98 Å². The molecule has 0 fully saturated rings. The minimum absolute atomic E-state index is 0.176. The molecule has 0 saturated heterocycles. The summed E-state index contributed by atoms with van der Waals surface area (Å²) in [6.07, 6.45) is 0. The molecular weight excluding hydrogens is 354 g/mol. The first-order valence-electron chi connectivity index (χ1n) is 7.71. The highest BCUT2D eigenvalue weighted by atomic mass is 32.1. The van der Waals surface area contributed by atoms with Crippen LogP contribution < -0.4 is 20.1 Å². The molecule has 26 heavy (non-hydrogen) atoms. The van der Waals surface area contributed by atoms with Crippen molar-refractivity contribution in [1.29, 1.82) is 0 Å². The van der Waals surface area contributed by atoms with Crippen molar-refractivity contribution in [2.24, 2.45) is 0 Å². The molecular formula is C18H17N3O4S. The Labute approximate surface area is 154 Å². The molecule has 3 aromatic rings. The van der Waals surface area contributed by atoms with E-state index in [9.17, 15) is 9.59 Å². The van der Waals surface area contributed by atoms with Gasteiger partial charge in [0.25, 0.3) is 5.91 Å². The number of thiazole rings is 1. The summed E-state index contributed by atoms with van der Waals surface area (Å²) in [6, 6.07) is 10.4. The summed E-state index contributed by atoms with van der Waals surface area (Å²) in [5.41, 5.74) is 1.71. The fraction of sp³-hybridized carbons (Fsp3) is 0.167. The number of nitrogens with zero attached hydrogens (tertiary/aromatic N) is 1. The first kappa shape index (κ1) is 17.7. The molecule has 2 aromatic carbocycles. The van der Waals surface area contributed by atoms with Crippen LogP contribution in [0.2, 0.25) is 0 Å². The highest BCUT2D eigenvalue weighted by Gasteiger charge is 2.12. The lowest BCUT2D eigenvalue weighted by Crippen LogP contribution is -2.12. The Bertz CT molecular complexity index is 961. The molecule has 0 aliphatic carbocycles. The predicted molar refractivity (Wildman–Crippen MR) is 101 cm³/mol. The van der Waals surface area contributed by atoms with Gasteiger partial charge in [0.15, 0.2) is 5.13 Å². The van der Waals surface area contributed by atoms with Gasteiger partial charge in [-0.05, 0) is 30.3 Å². The van der Waals surface area contributed by atoms with E-state index in [-0.39, 0.29) is 11.8 Å². The van der Waals surface area contributed by atoms with E-state index in [0.717, 1.165) is 4.70 Å². The number of nitrogens with one attached hydrogen (secondary N) is 2. The molecule has 0 unspecified atom stereocenters. The predicted octanol–water partition coefficient (Wildman–Crippen LogP) is 3.52. The van der Waals surface area contributed by atoms with Crippen LogP contribution in [0.25, 0.3) is 10.2 Å². The highest BCUT2D eigenvalue weighted by molar-refractivity contribution is 7.22. The maximum Gasteiger partial charge on any atom is 0.255 e. The van der Waals surface area contributed by atoms with Gasteiger partial charge in [0, 0.05) is 24.2 Å².